The molecule has 3 amide bonds. The molecule has 1 fully saturated rings. The van der Waals surface area contributed by atoms with Crippen LogP contribution in [0, 0.1) is 0 Å². The number of amides is 3. The van der Waals surface area contributed by atoms with Gasteiger partial charge in [0.1, 0.15) is 6.54 Å². The molecule has 2 heterocycles. The summed E-state index contributed by atoms with van der Waals surface area (Å²) in [6.07, 6.45) is 0. The number of nitrogens with zero attached hydrogens (tertiary/aromatic N) is 1. The minimum Gasteiger partial charge on any atom is -0.494 e. The molecule has 1 aromatic heterocycles. The molecular weight excluding hydrogens is 316 g/mol. The van der Waals surface area contributed by atoms with Crippen molar-refractivity contribution in [2.24, 2.45) is 0 Å². The summed E-state index contributed by atoms with van der Waals surface area (Å²) >= 11 is 1.000. The first-order chi connectivity index (χ1) is 9.95. The summed E-state index contributed by atoms with van der Waals surface area (Å²) in [6, 6.07) is 6.09. The van der Waals surface area contributed by atoms with E-state index in [1.54, 1.807) is 24.3 Å². The maximum Gasteiger partial charge on any atom is 0.338 e. The highest BCUT2D eigenvalue weighted by Crippen LogP contribution is 2.42. The van der Waals surface area contributed by atoms with Crippen molar-refractivity contribution < 1.29 is 22.7 Å². The van der Waals surface area contributed by atoms with Gasteiger partial charge in [0.2, 0.25) is 5.91 Å². The van der Waals surface area contributed by atoms with E-state index in [1.165, 1.54) is 7.11 Å². The maximum absolute atomic E-state index is 12.6. The average Bonchev–Trinajstić information content (AvgIpc) is 2.99. The Kier molecular flexibility index (Phi) is 3.10. The van der Waals surface area contributed by atoms with E-state index in [9.17, 15) is 18.0 Å². The lowest BCUT2D eigenvalue weighted by atomic mass is 10.2. The molecule has 7 nitrogen and oxygen atoms in total. The third kappa shape index (κ3) is 2.05. The van der Waals surface area contributed by atoms with Crippen LogP contribution in [0.3, 0.4) is 0 Å². The zero-order valence-electron chi connectivity index (χ0n) is 10.8. The summed E-state index contributed by atoms with van der Waals surface area (Å²) in [4.78, 5) is 22.8. The highest BCUT2D eigenvalue weighted by Gasteiger charge is 2.40. The highest BCUT2D eigenvalue weighted by molar-refractivity contribution is 7.92. The molecule has 1 saturated heterocycles. The lowest BCUT2D eigenvalue weighted by Gasteiger charge is -2.13. The van der Waals surface area contributed by atoms with Gasteiger partial charge in [-0.05, 0) is 12.1 Å². The Balaban J connectivity index is 2.19. The molecule has 0 unspecified atom stereocenters. The van der Waals surface area contributed by atoms with Crippen molar-refractivity contribution in [3.05, 3.63) is 24.3 Å². The van der Waals surface area contributed by atoms with Crippen LogP contribution < -0.4 is 10.1 Å². The van der Waals surface area contributed by atoms with Crippen LogP contribution in [0.4, 0.5) is 4.79 Å². The van der Waals surface area contributed by atoms with Gasteiger partial charge >= 0.3 is 6.03 Å². The van der Waals surface area contributed by atoms with Crippen LogP contribution in [0.15, 0.2) is 28.5 Å². The van der Waals surface area contributed by atoms with Crippen molar-refractivity contribution in [2.45, 2.75) is 4.21 Å². The number of hydrogen-bond donors (Lipinski definition) is 1. The number of hydrogen-bond acceptors (Lipinski definition) is 6. The molecule has 0 radical (unpaired) electrons. The van der Waals surface area contributed by atoms with Gasteiger partial charge in [-0.3, -0.25) is 10.1 Å². The van der Waals surface area contributed by atoms with Gasteiger partial charge in [0.25, 0.3) is 10.0 Å². The molecule has 9 heteroatoms. The fourth-order valence-corrected chi connectivity index (χ4v) is 5.12. The third-order valence-electron chi connectivity index (χ3n) is 3.01. The van der Waals surface area contributed by atoms with E-state index in [4.69, 9.17) is 4.74 Å². The van der Waals surface area contributed by atoms with E-state index in [0.29, 0.717) is 9.69 Å². The molecule has 3 rings (SSSR count). The second kappa shape index (κ2) is 4.71. The number of rotatable bonds is 3. The average molecular weight is 326 g/mol. The van der Waals surface area contributed by atoms with Crippen LogP contribution in [0.25, 0.3) is 10.1 Å². The Morgan fingerprint density at radius 2 is 2.00 bits per heavy atom. The number of sulfonamides is 1. The summed E-state index contributed by atoms with van der Waals surface area (Å²) in [5.41, 5.74) is 0. The molecular formula is C12H10N2O5S2. The quantitative estimate of drug-likeness (QED) is 0.854. The van der Waals surface area contributed by atoms with Gasteiger partial charge in [-0.1, -0.05) is 12.1 Å². The second-order valence-corrected chi connectivity index (χ2v) is 7.39. The maximum atomic E-state index is 12.6. The fraction of sp³-hybridized carbons (Fsp3) is 0.167. The zero-order chi connectivity index (χ0) is 15.2. The molecule has 0 spiro atoms. The van der Waals surface area contributed by atoms with E-state index in [-0.39, 0.29) is 9.96 Å². The summed E-state index contributed by atoms with van der Waals surface area (Å²) in [5, 5.41) is 2.59. The molecule has 2 aromatic rings. The van der Waals surface area contributed by atoms with Gasteiger partial charge in [0.15, 0.2) is 9.96 Å². The number of carbonyl (C=O) groups is 2. The van der Waals surface area contributed by atoms with Crippen LogP contribution in [-0.2, 0) is 14.8 Å². The molecule has 1 N–H and O–H groups in total. The van der Waals surface area contributed by atoms with Crippen LogP contribution in [-0.4, -0.2) is 38.3 Å². The molecule has 0 aliphatic carbocycles. The Morgan fingerprint density at radius 3 is 2.62 bits per heavy atom. The molecule has 1 aliphatic heterocycles. The number of methoxy groups -OCH3 is 1. The van der Waals surface area contributed by atoms with E-state index in [2.05, 4.69) is 0 Å². The Labute approximate surface area is 124 Å². The molecule has 21 heavy (non-hydrogen) atoms. The van der Waals surface area contributed by atoms with Gasteiger partial charge in [-0.25, -0.2) is 9.10 Å². The smallest absolute Gasteiger partial charge is 0.338 e. The minimum atomic E-state index is -4.13. The SMILES string of the molecule is COc1c(S(=O)(=O)N2CC(=O)NC2=O)sc2ccccc12. The minimum absolute atomic E-state index is 0.0870. The van der Waals surface area contributed by atoms with Crippen molar-refractivity contribution in [1.82, 2.24) is 9.62 Å². The van der Waals surface area contributed by atoms with Crippen LogP contribution >= 0.6 is 11.3 Å². The van der Waals surface area contributed by atoms with E-state index in [1.807, 2.05) is 5.32 Å². The van der Waals surface area contributed by atoms with E-state index >= 15 is 0 Å². The molecule has 0 atom stereocenters. The topological polar surface area (TPSA) is 92.8 Å². The summed E-state index contributed by atoms with van der Waals surface area (Å²) in [7, 11) is -2.77. The molecule has 0 saturated carbocycles. The highest BCUT2D eigenvalue weighted by atomic mass is 32.2. The van der Waals surface area contributed by atoms with Gasteiger partial charge in [-0.2, -0.15) is 8.42 Å². The van der Waals surface area contributed by atoms with Crippen molar-refractivity contribution >= 4 is 43.4 Å². The largest absolute Gasteiger partial charge is 0.494 e. The van der Waals surface area contributed by atoms with Gasteiger partial charge in [0.05, 0.1) is 7.11 Å². The van der Waals surface area contributed by atoms with Crippen LogP contribution in [0.1, 0.15) is 0 Å². The number of imide groups is 1. The number of benzene rings is 1. The van der Waals surface area contributed by atoms with E-state index in [0.717, 1.165) is 16.0 Å². The monoisotopic (exact) mass is 326 g/mol. The predicted molar refractivity (Wildman–Crippen MR) is 75.8 cm³/mol. The van der Waals surface area contributed by atoms with Gasteiger partial charge in [-0.15, -0.1) is 11.3 Å². The summed E-state index contributed by atoms with van der Waals surface area (Å²) in [5.74, 6) is -0.466. The Hall–Kier alpha value is -2.13. The predicted octanol–water partition coefficient (Wildman–Crippen LogP) is 1.15. The second-order valence-electron chi connectivity index (χ2n) is 4.28. The number of urea groups is 1. The Morgan fingerprint density at radius 1 is 1.29 bits per heavy atom. The van der Waals surface area contributed by atoms with E-state index < -0.39 is 28.5 Å². The van der Waals surface area contributed by atoms with Gasteiger partial charge < -0.3 is 4.74 Å². The van der Waals surface area contributed by atoms with Crippen LogP contribution in [0.2, 0.25) is 0 Å². The van der Waals surface area contributed by atoms with Crippen molar-refractivity contribution in [3.8, 4) is 5.75 Å². The lowest BCUT2D eigenvalue weighted by Crippen LogP contribution is -2.33. The molecule has 110 valence electrons. The van der Waals surface area contributed by atoms with Crippen LogP contribution in [0.5, 0.6) is 5.75 Å². The van der Waals surface area contributed by atoms with Crippen molar-refractivity contribution in [1.29, 1.82) is 0 Å². The number of thiophene rings is 1. The summed E-state index contributed by atoms with van der Waals surface area (Å²) in [6.45, 7) is -0.515. The lowest BCUT2D eigenvalue weighted by molar-refractivity contribution is -0.118. The number of ether oxygens (including phenoxy) is 1. The molecule has 0 bridgehead atoms. The Bertz CT molecular complexity index is 856. The standard InChI is InChI=1S/C12H10N2O5S2/c1-19-10-7-4-2-3-5-8(7)20-11(10)21(17,18)14-6-9(15)13-12(14)16/h2-5H,6H2,1H3,(H,13,15,16). The van der Waals surface area contributed by atoms with Crippen molar-refractivity contribution in [2.75, 3.05) is 13.7 Å². The number of carbonyl (C=O) groups excluding carboxylic acids is 2. The van der Waals surface area contributed by atoms with Gasteiger partial charge in [0, 0.05) is 10.1 Å². The normalized spacial score (nSPS) is 15.6. The first-order valence-corrected chi connectivity index (χ1v) is 8.13. The fourth-order valence-electron chi connectivity index (χ4n) is 2.08. The number of fused-ring (bicyclic) bond motifs is 1. The summed E-state index contributed by atoms with van der Waals surface area (Å²) < 4.78 is 31.5. The zero-order valence-corrected chi connectivity index (χ0v) is 12.5. The number of nitrogens with one attached hydrogen (secondary N) is 1. The third-order valence-corrected chi connectivity index (χ3v) is 6.37. The van der Waals surface area contributed by atoms with Crippen molar-refractivity contribution in [3.63, 3.8) is 0 Å². The first-order valence-electron chi connectivity index (χ1n) is 5.87. The molecule has 1 aliphatic rings. The molecule has 1 aromatic carbocycles. The first kappa shape index (κ1) is 13.8.